The molecule has 142 valence electrons. The second-order valence-corrected chi connectivity index (χ2v) is 7.23. The van der Waals surface area contributed by atoms with Crippen LogP contribution in [0.3, 0.4) is 0 Å². The number of benzene rings is 1. The van der Waals surface area contributed by atoms with E-state index in [1.807, 2.05) is 6.07 Å². The van der Waals surface area contributed by atoms with E-state index in [0.717, 1.165) is 43.6 Å². The summed E-state index contributed by atoms with van der Waals surface area (Å²) in [6.45, 7) is 10.9. The van der Waals surface area contributed by atoms with Crippen molar-refractivity contribution in [3.05, 3.63) is 23.8 Å². The molecule has 1 aromatic carbocycles. The Balaban J connectivity index is 1.40. The molecular weight excluding hydrogens is 330 g/mol. The molecule has 4 aliphatic rings. The minimum Gasteiger partial charge on any atom is -0.454 e. The number of hydrogen-bond acceptors (Lipinski definition) is 5. The highest BCUT2D eigenvalue weighted by Crippen LogP contribution is 2.32. The molecule has 3 fully saturated rings. The van der Waals surface area contributed by atoms with Gasteiger partial charge in [-0.2, -0.15) is 0 Å². The van der Waals surface area contributed by atoms with Crippen molar-refractivity contribution in [2.24, 2.45) is 4.99 Å². The van der Waals surface area contributed by atoms with Gasteiger partial charge >= 0.3 is 0 Å². The van der Waals surface area contributed by atoms with E-state index in [2.05, 4.69) is 46.1 Å². The number of rotatable bonds is 5. The largest absolute Gasteiger partial charge is 0.454 e. The molecule has 0 aliphatic carbocycles. The summed E-state index contributed by atoms with van der Waals surface area (Å²) in [4.78, 5) is 12.3. The van der Waals surface area contributed by atoms with E-state index in [-0.39, 0.29) is 0 Å². The normalized spacial score (nSPS) is 26.8. The summed E-state index contributed by atoms with van der Waals surface area (Å²) in [6, 6.07) is 6.68. The molecule has 26 heavy (non-hydrogen) atoms. The predicted molar refractivity (Wildman–Crippen MR) is 102 cm³/mol. The van der Waals surface area contributed by atoms with Crippen molar-refractivity contribution in [2.75, 3.05) is 59.7 Å². The first-order valence-corrected chi connectivity index (χ1v) is 9.57. The van der Waals surface area contributed by atoms with Gasteiger partial charge in [-0.1, -0.05) is 6.07 Å². The van der Waals surface area contributed by atoms with Gasteiger partial charge < -0.3 is 19.7 Å². The Morgan fingerprint density at radius 2 is 2.04 bits per heavy atom. The highest BCUT2D eigenvalue weighted by atomic mass is 16.7. The summed E-state index contributed by atoms with van der Waals surface area (Å²) in [5, 5.41) is 3.43. The zero-order valence-corrected chi connectivity index (χ0v) is 15.8. The molecule has 0 saturated carbocycles. The van der Waals surface area contributed by atoms with E-state index < -0.39 is 0 Å². The Morgan fingerprint density at radius 1 is 1.23 bits per heavy atom. The monoisotopic (exact) mass is 359 g/mol. The Labute approximate surface area is 155 Å². The number of hydrogen-bond donors (Lipinski definition) is 1. The molecule has 7 heteroatoms. The molecule has 2 bridgehead atoms. The zero-order chi connectivity index (χ0) is 17.9. The average molecular weight is 359 g/mol. The fraction of sp³-hybridized carbons (Fsp3) is 0.632. The third-order valence-corrected chi connectivity index (χ3v) is 5.40. The summed E-state index contributed by atoms with van der Waals surface area (Å²) in [6.07, 6.45) is 0. The van der Waals surface area contributed by atoms with Crippen LogP contribution in [-0.4, -0.2) is 86.4 Å². The van der Waals surface area contributed by atoms with Gasteiger partial charge in [0.1, 0.15) is 0 Å². The minimum atomic E-state index is 0.313. The van der Waals surface area contributed by atoms with Crippen molar-refractivity contribution < 1.29 is 9.47 Å². The smallest absolute Gasteiger partial charge is 0.231 e. The molecule has 1 aromatic rings. The topological polar surface area (TPSA) is 52.6 Å². The molecule has 0 aromatic heterocycles. The Kier molecular flexibility index (Phi) is 5.17. The zero-order valence-electron chi connectivity index (χ0n) is 15.8. The summed E-state index contributed by atoms with van der Waals surface area (Å²) >= 11 is 0. The Bertz CT molecular complexity index is 657. The molecule has 0 radical (unpaired) electrons. The maximum absolute atomic E-state index is 5.49. The van der Waals surface area contributed by atoms with Crippen LogP contribution < -0.4 is 14.8 Å². The third-order valence-electron chi connectivity index (χ3n) is 5.40. The van der Waals surface area contributed by atoms with Crippen LogP contribution in [0.25, 0.3) is 0 Å². The average Bonchev–Trinajstić information content (AvgIpc) is 3.14. The summed E-state index contributed by atoms with van der Waals surface area (Å²) < 4.78 is 10.9. The maximum atomic E-state index is 5.49. The lowest BCUT2D eigenvalue weighted by molar-refractivity contribution is 0.0173. The minimum absolute atomic E-state index is 0.313. The van der Waals surface area contributed by atoms with Crippen LogP contribution in [0.2, 0.25) is 0 Å². The molecule has 1 unspecified atom stereocenters. The standard InChI is InChI=1S/C19H29N5O2/c1-3-20-19(21-11-16-13-23-6-8-24(16)9-7-23)22(2)12-15-4-5-17-18(10-15)26-14-25-17/h4-5,10,16H,3,6-9,11-14H2,1-2H3,(H,20,21). The molecule has 4 heterocycles. The quantitative estimate of drug-likeness (QED) is 0.620. The third kappa shape index (κ3) is 3.73. The number of aliphatic imine (C=N–C) groups is 1. The van der Waals surface area contributed by atoms with Gasteiger partial charge in [0.25, 0.3) is 0 Å². The molecule has 4 aliphatic heterocycles. The first-order chi connectivity index (χ1) is 12.7. The number of fused-ring (bicyclic) bond motifs is 4. The highest BCUT2D eigenvalue weighted by molar-refractivity contribution is 5.79. The number of piperazine rings is 3. The van der Waals surface area contributed by atoms with Gasteiger partial charge in [-0.05, 0) is 24.6 Å². The van der Waals surface area contributed by atoms with E-state index in [1.54, 1.807) is 0 Å². The van der Waals surface area contributed by atoms with Gasteiger partial charge in [0.15, 0.2) is 17.5 Å². The van der Waals surface area contributed by atoms with Crippen LogP contribution >= 0.6 is 0 Å². The van der Waals surface area contributed by atoms with Crippen molar-refractivity contribution >= 4 is 5.96 Å². The van der Waals surface area contributed by atoms with Crippen LogP contribution in [0.1, 0.15) is 12.5 Å². The van der Waals surface area contributed by atoms with Gasteiger partial charge in [0, 0.05) is 58.9 Å². The molecule has 1 atom stereocenters. The number of nitrogens with one attached hydrogen (secondary N) is 1. The summed E-state index contributed by atoms with van der Waals surface area (Å²) in [7, 11) is 2.09. The van der Waals surface area contributed by atoms with Crippen LogP contribution in [0.4, 0.5) is 0 Å². The van der Waals surface area contributed by atoms with Crippen LogP contribution in [0.5, 0.6) is 11.5 Å². The first kappa shape index (κ1) is 17.4. The Hall–Kier alpha value is -1.99. The number of ether oxygens (including phenoxy) is 2. The van der Waals surface area contributed by atoms with Crippen molar-refractivity contribution in [2.45, 2.75) is 19.5 Å². The second-order valence-electron chi connectivity index (χ2n) is 7.23. The molecule has 0 spiro atoms. The van der Waals surface area contributed by atoms with E-state index in [1.165, 1.54) is 31.7 Å². The van der Waals surface area contributed by atoms with E-state index in [9.17, 15) is 0 Å². The second kappa shape index (κ2) is 7.72. The van der Waals surface area contributed by atoms with Gasteiger partial charge in [0.2, 0.25) is 6.79 Å². The van der Waals surface area contributed by atoms with E-state index in [0.29, 0.717) is 12.8 Å². The maximum Gasteiger partial charge on any atom is 0.231 e. The molecule has 3 saturated heterocycles. The van der Waals surface area contributed by atoms with Gasteiger partial charge in [-0.15, -0.1) is 0 Å². The first-order valence-electron chi connectivity index (χ1n) is 9.57. The van der Waals surface area contributed by atoms with E-state index >= 15 is 0 Å². The van der Waals surface area contributed by atoms with Crippen LogP contribution in [0.15, 0.2) is 23.2 Å². The molecular formula is C19H29N5O2. The van der Waals surface area contributed by atoms with E-state index in [4.69, 9.17) is 14.5 Å². The summed E-state index contributed by atoms with van der Waals surface area (Å²) in [5.74, 6) is 2.62. The van der Waals surface area contributed by atoms with Gasteiger partial charge in [0.05, 0.1) is 6.54 Å². The lowest BCUT2D eigenvalue weighted by atomic mass is 10.1. The lowest BCUT2D eigenvalue weighted by Gasteiger charge is -2.47. The van der Waals surface area contributed by atoms with Gasteiger partial charge in [-0.3, -0.25) is 14.8 Å². The molecule has 5 rings (SSSR count). The fourth-order valence-corrected chi connectivity index (χ4v) is 3.95. The summed E-state index contributed by atoms with van der Waals surface area (Å²) in [5.41, 5.74) is 1.19. The predicted octanol–water partition coefficient (Wildman–Crippen LogP) is 0.812. The molecule has 0 amide bonds. The molecule has 7 nitrogen and oxygen atoms in total. The van der Waals surface area contributed by atoms with Crippen LogP contribution in [-0.2, 0) is 6.54 Å². The van der Waals surface area contributed by atoms with Crippen molar-refractivity contribution in [1.29, 1.82) is 0 Å². The van der Waals surface area contributed by atoms with Crippen molar-refractivity contribution in [3.8, 4) is 11.5 Å². The highest BCUT2D eigenvalue weighted by Gasteiger charge is 2.31. The molecule has 1 N–H and O–H groups in total. The van der Waals surface area contributed by atoms with Crippen molar-refractivity contribution in [1.82, 2.24) is 20.0 Å². The SMILES string of the molecule is CCNC(=NCC1CN2CCN1CC2)N(C)Cc1ccc2c(c1)OCO2. The van der Waals surface area contributed by atoms with Gasteiger partial charge in [-0.25, -0.2) is 0 Å². The number of guanidine groups is 1. The Morgan fingerprint density at radius 3 is 2.77 bits per heavy atom. The number of nitrogens with zero attached hydrogens (tertiary/aromatic N) is 4. The fourth-order valence-electron chi connectivity index (χ4n) is 3.95. The van der Waals surface area contributed by atoms with Crippen LogP contribution in [0, 0.1) is 0 Å². The lowest BCUT2D eigenvalue weighted by Crippen LogP contribution is -2.62. The van der Waals surface area contributed by atoms with Crippen molar-refractivity contribution in [3.63, 3.8) is 0 Å².